The van der Waals surface area contributed by atoms with Gasteiger partial charge in [0.05, 0.1) is 22.2 Å². The van der Waals surface area contributed by atoms with E-state index in [0.717, 1.165) is 6.42 Å². The number of hydrogen-bond acceptors (Lipinski definition) is 3. The molecule has 0 heterocycles. The third kappa shape index (κ3) is 5.86. The zero-order valence-electron chi connectivity index (χ0n) is 14.7. The number of halogens is 3. The molecular formula is C19H18BrCl2NO4. The zero-order chi connectivity index (χ0) is 20.1. The Labute approximate surface area is 175 Å². The van der Waals surface area contributed by atoms with Crippen LogP contribution in [0, 0.1) is 5.92 Å². The summed E-state index contributed by atoms with van der Waals surface area (Å²) in [6.45, 7) is 3.81. The van der Waals surface area contributed by atoms with Crippen LogP contribution in [-0.2, 0) is 16.0 Å². The van der Waals surface area contributed by atoms with Crippen LogP contribution in [0.4, 0.5) is 5.69 Å². The van der Waals surface area contributed by atoms with E-state index in [-0.39, 0.29) is 34.0 Å². The van der Waals surface area contributed by atoms with Crippen molar-refractivity contribution < 1.29 is 19.4 Å². The van der Waals surface area contributed by atoms with E-state index in [1.807, 2.05) is 13.8 Å². The molecule has 0 spiro atoms. The minimum absolute atomic E-state index is 0.0630. The van der Waals surface area contributed by atoms with Crippen LogP contribution in [0.1, 0.15) is 25.8 Å². The van der Waals surface area contributed by atoms with Gasteiger partial charge in [0, 0.05) is 10.4 Å². The van der Waals surface area contributed by atoms with Crippen LogP contribution in [0.5, 0.6) is 11.5 Å². The van der Waals surface area contributed by atoms with Gasteiger partial charge in [-0.25, -0.2) is 0 Å². The van der Waals surface area contributed by atoms with Crippen molar-refractivity contribution >= 4 is 56.7 Å². The van der Waals surface area contributed by atoms with Crippen LogP contribution in [0.2, 0.25) is 10.0 Å². The van der Waals surface area contributed by atoms with E-state index in [2.05, 4.69) is 21.2 Å². The summed E-state index contributed by atoms with van der Waals surface area (Å²) < 4.78 is 6.40. The highest BCUT2D eigenvalue weighted by Gasteiger charge is 2.15. The fraction of sp³-hybridized carbons (Fsp3) is 0.263. The third-order valence-corrected chi connectivity index (χ3v) is 5.11. The van der Waals surface area contributed by atoms with Crippen molar-refractivity contribution in [2.45, 2.75) is 26.7 Å². The van der Waals surface area contributed by atoms with Gasteiger partial charge < -0.3 is 15.2 Å². The number of ether oxygens (including phenoxy) is 1. The van der Waals surface area contributed by atoms with Crippen LogP contribution < -0.4 is 10.1 Å². The summed E-state index contributed by atoms with van der Waals surface area (Å²) >= 11 is 15.8. The number of carboxylic acid groups (broad SMARTS) is 1. The summed E-state index contributed by atoms with van der Waals surface area (Å²) in [7, 11) is 0. The van der Waals surface area contributed by atoms with Crippen molar-refractivity contribution in [1.29, 1.82) is 0 Å². The Morgan fingerprint density at radius 2 is 1.85 bits per heavy atom. The fourth-order valence-corrected chi connectivity index (χ4v) is 3.27. The van der Waals surface area contributed by atoms with Crippen LogP contribution in [0.15, 0.2) is 34.8 Å². The Kier molecular flexibility index (Phi) is 7.53. The fourth-order valence-electron chi connectivity index (χ4n) is 2.21. The highest BCUT2D eigenvalue weighted by atomic mass is 79.9. The Morgan fingerprint density at radius 1 is 1.22 bits per heavy atom. The molecule has 0 aromatic heterocycles. The number of anilines is 1. The lowest BCUT2D eigenvalue weighted by Crippen LogP contribution is -2.19. The summed E-state index contributed by atoms with van der Waals surface area (Å²) in [5.41, 5.74) is 1.11. The number of carboxylic acids is 1. The monoisotopic (exact) mass is 473 g/mol. The summed E-state index contributed by atoms with van der Waals surface area (Å²) in [5, 5.41) is 12.1. The van der Waals surface area contributed by atoms with E-state index in [1.54, 1.807) is 18.2 Å². The first kappa shape index (κ1) is 21.5. The molecule has 144 valence electrons. The highest BCUT2D eigenvalue weighted by molar-refractivity contribution is 9.10. The molecule has 0 bridgehead atoms. The quantitative estimate of drug-likeness (QED) is 0.503. The molecule has 0 fully saturated rings. The molecule has 1 amide bonds. The number of amides is 1. The first-order chi connectivity index (χ1) is 12.7. The number of carbonyl (C=O) groups excluding carboxylic acids is 1. The molecule has 0 aliphatic heterocycles. The van der Waals surface area contributed by atoms with Gasteiger partial charge in [-0.2, -0.15) is 0 Å². The predicted octanol–water partition coefficient (Wildman–Crippen LogP) is 6.16. The van der Waals surface area contributed by atoms with E-state index in [4.69, 9.17) is 33.0 Å². The Balaban J connectivity index is 2.20. The summed E-state index contributed by atoms with van der Waals surface area (Å²) in [5.74, 6) is -0.439. The summed E-state index contributed by atoms with van der Waals surface area (Å²) in [6, 6.07) is 8.08. The maximum absolute atomic E-state index is 12.0. The number of aliphatic carboxylic acids is 1. The van der Waals surface area contributed by atoms with E-state index in [0.29, 0.717) is 21.5 Å². The summed E-state index contributed by atoms with van der Waals surface area (Å²) in [6.07, 6.45) is 0.565. The van der Waals surface area contributed by atoms with Gasteiger partial charge in [0.25, 0.3) is 0 Å². The topological polar surface area (TPSA) is 75.6 Å². The number of benzene rings is 2. The van der Waals surface area contributed by atoms with Gasteiger partial charge in [-0.3, -0.25) is 9.59 Å². The van der Waals surface area contributed by atoms with Gasteiger partial charge in [0.2, 0.25) is 5.91 Å². The molecule has 0 unspecified atom stereocenters. The normalized spacial score (nSPS) is 11.7. The molecule has 1 atom stereocenters. The smallest absolute Gasteiger partial charge is 0.307 e. The standard InChI is InChI=1S/C19H18BrCl2NO4/c1-3-10(2)19(26)23-16-5-4-12(9-13(16)20)27-18-14(21)6-11(7-15(18)22)8-17(24)25/h4-7,9-10H,3,8H2,1-2H3,(H,23,26)(H,24,25)/t10-/m1/s1. The molecule has 8 heteroatoms. The Morgan fingerprint density at radius 3 is 2.37 bits per heavy atom. The number of nitrogens with one attached hydrogen (secondary N) is 1. The molecule has 27 heavy (non-hydrogen) atoms. The number of carbonyl (C=O) groups is 2. The first-order valence-corrected chi connectivity index (χ1v) is 9.74. The van der Waals surface area contributed by atoms with Gasteiger partial charge in [-0.1, -0.05) is 37.0 Å². The largest absolute Gasteiger partial charge is 0.481 e. The second-order valence-electron chi connectivity index (χ2n) is 6.00. The first-order valence-electron chi connectivity index (χ1n) is 8.19. The molecule has 0 radical (unpaired) electrons. The lowest BCUT2D eigenvalue weighted by molar-refractivity contribution is -0.136. The zero-order valence-corrected chi connectivity index (χ0v) is 17.8. The maximum Gasteiger partial charge on any atom is 0.307 e. The maximum atomic E-state index is 12.0. The van der Waals surface area contributed by atoms with Crippen LogP contribution >= 0.6 is 39.1 Å². The van der Waals surface area contributed by atoms with Crippen LogP contribution in [0.3, 0.4) is 0 Å². The van der Waals surface area contributed by atoms with E-state index in [1.165, 1.54) is 12.1 Å². The molecule has 2 rings (SSSR count). The Bertz CT molecular complexity index is 850. The SMILES string of the molecule is CC[C@@H](C)C(=O)Nc1ccc(Oc2c(Cl)cc(CC(=O)O)cc2Cl)cc1Br. The molecule has 2 aromatic carbocycles. The van der Waals surface area contributed by atoms with E-state index >= 15 is 0 Å². The predicted molar refractivity (Wildman–Crippen MR) is 110 cm³/mol. The van der Waals surface area contributed by atoms with Crippen LogP contribution in [0.25, 0.3) is 0 Å². The molecule has 2 N–H and O–H groups in total. The number of hydrogen-bond donors (Lipinski definition) is 2. The Hall–Kier alpha value is -1.76. The molecule has 0 aliphatic carbocycles. The lowest BCUT2D eigenvalue weighted by atomic mass is 10.1. The van der Waals surface area contributed by atoms with Gasteiger partial charge in [-0.15, -0.1) is 0 Å². The van der Waals surface area contributed by atoms with Crippen molar-refractivity contribution in [1.82, 2.24) is 0 Å². The van der Waals surface area contributed by atoms with Crippen molar-refractivity contribution in [2.75, 3.05) is 5.32 Å². The summed E-state index contributed by atoms with van der Waals surface area (Å²) in [4.78, 5) is 22.9. The molecule has 0 aliphatic rings. The minimum Gasteiger partial charge on any atom is -0.481 e. The second-order valence-corrected chi connectivity index (χ2v) is 7.67. The van der Waals surface area contributed by atoms with Crippen molar-refractivity contribution in [3.63, 3.8) is 0 Å². The van der Waals surface area contributed by atoms with Gasteiger partial charge >= 0.3 is 5.97 Å². The molecular weight excluding hydrogens is 457 g/mol. The van der Waals surface area contributed by atoms with E-state index < -0.39 is 5.97 Å². The van der Waals surface area contributed by atoms with Gasteiger partial charge in [0.15, 0.2) is 5.75 Å². The molecule has 0 saturated heterocycles. The average molecular weight is 475 g/mol. The number of rotatable bonds is 7. The molecule has 2 aromatic rings. The minimum atomic E-state index is -0.977. The lowest BCUT2D eigenvalue weighted by Gasteiger charge is -2.14. The van der Waals surface area contributed by atoms with Crippen molar-refractivity contribution in [3.8, 4) is 11.5 Å². The average Bonchev–Trinajstić information content (AvgIpc) is 2.59. The molecule has 5 nitrogen and oxygen atoms in total. The van der Waals surface area contributed by atoms with Gasteiger partial charge in [-0.05, 0) is 58.2 Å². The van der Waals surface area contributed by atoms with Crippen LogP contribution in [-0.4, -0.2) is 17.0 Å². The van der Waals surface area contributed by atoms with Crippen molar-refractivity contribution in [3.05, 3.63) is 50.4 Å². The van der Waals surface area contributed by atoms with E-state index in [9.17, 15) is 9.59 Å². The highest BCUT2D eigenvalue weighted by Crippen LogP contribution is 2.39. The van der Waals surface area contributed by atoms with Gasteiger partial charge in [0.1, 0.15) is 5.75 Å². The second kappa shape index (κ2) is 9.44. The molecule has 0 saturated carbocycles. The third-order valence-electron chi connectivity index (χ3n) is 3.89. The van der Waals surface area contributed by atoms with Crippen molar-refractivity contribution in [2.24, 2.45) is 5.92 Å².